The number of phenols is 1. The van der Waals surface area contributed by atoms with E-state index in [1.54, 1.807) is 12.1 Å². The second-order valence-corrected chi connectivity index (χ2v) is 6.48. The lowest BCUT2D eigenvalue weighted by atomic mass is 9.90. The number of hydrogen-bond donors (Lipinski definition) is 1. The minimum absolute atomic E-state index is 0.302. The molecule has 0 saturated carbocycles. The molecule has 2 nitrogen and oxygen atoms in total. The van der Waals surface area contributed by atoms with Gasteiger partial charge in [-0.2, -0.15) is 0 Å². The largest absolute Gasteiger partial charge is 0.508 e. The van der Waals surface area contributed by atoms with Gasteiger partial charge in [0.05, 0.1) is 6.04 Å². The van der Waals surface area contributed by atoms with Gasteiger partial charge in [0, 0.05) is 11.4 Å². The zero-order valence-electron chi connectivity index (χ0n) is 13.8. The fourth-order valence-electron chi connectivity index (χ4n) is 3.66. The van der Waals surface area contributed by atoms with Crippen molar-refractivity contribution in [1.29, 1.82) is 0 Å². The first-order chi connectivity index (χ1) is 11.7. The van der Waals surface area contributed by atoms with E-state index in [1.807, 2.05) is 12.1 Å². The molecule has 3 aromatic carbocycles. The maximum Gasteiger partial charge on any atom is 0.115 e. The van der Waals surface area contributed by atoms with Crippen molar-refractivity contribution in [3.05, 3.63) is 89.5 Å². The Morgan fingerprint density at radius 3 is 2.42 bits per heavy atom. The smallest absolute Gasteiger partial charge is 0.115 e. The molecule has 1 aliphatic heterocycles. The summed E-state index contributed by atoms with van der Waals surface area (Å²) in [4.78, 5) is 2.41. The Kier molecular flexibility index (Phi) is 3.73. The van der Waals surface area contributed by atoms with Crippen LogP contribution in [-0.4, -0.2) is 5.11 Å². The molecule has 4 rings (SSSR count). The van der Waals surface area contributed by atoms with Crippen molar-refractivity contribution >= 4 is 11.4 Å². The van der Waals surface area contributed by atoms with E-state index in [2.05, 4.69) is 60.4 Å². The molecule has 0 aromatic heterocycles. The van der Waals surface area contributed by atoms with Crippen molar-refractivity contribution in [3.63, 3.8) is 0 Å². The third-order valence-electron chi connectivity index (χ3n) is 4.81. The summed E-state index contributed by atoms with van der Waals surface area (Å²) in [5.41, 5.74) is 6.42. The first kappa shape index (κ1) is 14.8. The van der Waals surface area contributed by atoms with Crippen LogP contribution >= 0.6 is 0 Å². The topological polar surface area (TPSA) is 23.5 Å². The van der Waals surface area contributed by atoms with Gasteiger partial charge in [-0.3, -0.25) is 0 Å². The second kappa shape index (κ2) is 6.04. The maximum atomic E-state index is 9.65. The molecule has 0 aliphatic carbocycles. The van der Waals surface area contributed by atoms with Crippen LogP contribution in [0, 0.1) is 6.92 Å². The van der Waals surface area contributed by atoms with Gasteiger partial charge in [-0.25, -0.2) is 0 Å². The van der Waals surface area contributed by atoms with Gasteiger partial charge in [0.25, 0.3) is 0 Å². The van der Waals surface area contributed by atoms with E-state index in [1.165, 1.54) is 22.4 Å². The molecule has 120 valence electrons. The van der Waals surface area contributed by atoms with Crippen LogP contribution in [0.15, 0.2) is 72.8 Å². The Morgan fingerprint density at radius 1 is 0.917 bits per heavy atom. The fourth-order valence-corrected chi connectivity index (χ4v) is 3.66. The Morgan fingerprint density at radius 2 is 1.67 bits per heavy atom. The first-order valence-electron chi connectivity index (χ1n) is 8.45. The third kappa shape index (κ3) is 2.65. The number of fused-ring (bicyclic) bond motifs is 1. The van der Waals surface area contributed by atoms with Crippen LogP contribution in [0.1, 0.15) is 29.2 Å². The van der Waals surface area contributed by atoms with Crippen LogP contribution in [0.5, 0.6) is 5.75 Å². The van der Waals surface area contributed by atoms with Crippen molar-refractivity contribution < 1.29 is 5.11 Å². The molecule has 0 saturated heterocycles. The predicted octanol–water partition coefficient (Wildman–Crippen LogP) is 5.53. The number of hydrogen-bond acceptors (Lipinski definition) is 2. The molecule has 0 fully saturated rings. The predicted molar refractivity (Wildman–Crippen MR) is 98.9 cm³/mol. The van der Waals surface area contributed by atoms with Gasteiger partial charge < -0.3 is 10.0 Å². The molecular formula is C22H21NO. The van der Waals surface area contributed by atoms with Gasteiger partial charge in [0.2, 0.25) is 0 Å². The summed E-state index contributed by atoms with van der Waals surface area (Å²) in [5.74, 6) is 0.302. The molecule has 3 aromatic rings. The molecular weight excluding hydrogens is 294 g/mol. The monoisotopic (exact) mass is 315 g/mol. The molecule has 1 heterocycles. The number of phenolic OH excluding ortho intramolecular Hbond substituents is 1. The van der Waals surface area contributed by atoms with Crippen LogP contribution < -0.4 is 4.90 Å². The first-order valence-corrected chi connectivity index (χ1v) is 8.45. The Hall–Kier alpha value is -2.74. The van der Waals surface area contributed by atoms with Crippen LogP contribution in [-0.2, 0) is 6.42 Å². The zero-order chi connectivity index (χ0) is 16.5. The van der Waals surface area contributed by atoms with E-state index in [4.69, 9.17) is 0 Å². The van der Waals surface area contributed by atoms with Gasteiger partial charge in [-0.15, -0.1) is 0 Å². The number of aromatic hydroxyl groups is 1. The summed E-state index contributed by atoms with van der Waals surface area (Å²) in [6.07, 6.45) is 2.17. The summed E-state index contributed by atoms with van der Waals surface area (Å²) in [7, 11) is 0. The summed E-state index contributed by atoms with van der Waals surface area (Å²) >= 11 is 0. The number of benzene rings is 3. The van der Waals surface area contributed by atoms with Crippen LogP contribution in [0.2, 0.25) is 0 Å². The average molecular weight is 315 g/mol. The SMILES string of the molecule is Cc1ccc2c(c1)CCC(c1ccccc1)N2c1ccc(O)cc1. The molecule has 1 aliphatic rings. The summed E-state index contributed by atoms with van der Waals surface area (Å²) in [6, 6.07) is 25.2. The highest BCUT2D eigenvalue weighted by atomic mass is 16.3. The zero-order valence-corrected chi connectivity index (χ0v) is 13.8. The van der Waals surface area contributed by atoms with E-state index in [9.17, 15) is 5.11 Å². The third-order valence-corrected chi connectivity index (χ3v) is 4.81. The van der Waals surface area contributed by atoms with E-state index in [0.29, 0.717) is 11.8 Å². The molecule has 24 heavy (non-hydrogen) atoms. The van der Waals surface area contributed by atoms with Crippen LogP contribution in [0.4, 0.5) is 11.4 Å². The number of anilines is 2. The van der Waals surface area contributed by atoms with Gasteiger partial charge >= 0.3 is 0 Å². The number of rotatable bonds is 2. The summed E-state index contributed by atoms with van der Waals surface area (Å²) in [5, 5.41) is 9.65. The fraction of sp³-hybridized carbons (Fsp3) is 0.182. The maximum absolute atomic E-state index is 9.65. The highest BCUT2D eigenvalue weighted by Gasteiger charge is 2.28. The Balaban J connectivity index is 1.86. The Bertz CT molecular complexity index is 840. The minimum Gasteiger partial charge on any atom is -0.508 e. The lowest BCUT2D eigenvalue weighted by molar-refractivity contribution is 0.475. The summed E-state index contributed by atoms with van der Waals surface area (Å²) in [6.45, 7) is 2.15. The second-order valence-electron chi connectivity index (χ2n) is 6.48. The lowest BCUT2D eigenvalue weighted by Crippen LogP contribution is -2.29. The van der Waals surface area contributed by atoms with Gasteiger partial charge in [-0.05, 0) is 61.2 Å². The highest BCUT2D eigenvalue weighted by Crippen LogP contribution is 2.44. The normalized spacial score (nSPS) is 16.7. The number of nitrogens with zero attached hydrogens (tertiary/aromatic N) is 1. The van der Waals surface area contributed by atoms with Crippen LogP contribution in [0.25, 0.3) is 0 Å². The quantitative estimate of drug-likeness (QED) is 0.672. The van der Waals surface area contributed by atoms with Gasteiger partial charge in [0.1, 0.15) is 5.75 Å². The molecule has 2 heteroatoms. The van der Waals surface area contributed by atoms with Crippen molar-refractivity contribution in [2.24, 2.45) is 0 Å². The van der Waals surface area contributed by atoms with Crippen molar-refractivity contribution in [2.45, 2.75) is 25.8 Å². The standard InChI is InChI=1S/C22H21NO/c1-16-7-13-22-18(15-16)8-14-21(17-5-3-2-4-6-17)23(22)19-9-11-20(24)12-10-19/h2-7,9-13,15,21,24H,8,14H2,1H3. The van der Waals surface area contributed by atoms with Crippen molar-refractivity contribution in [1.82, 2.24) is 0 Å². The van der Waals surface area contributed by atoms with Crippen molar-refractivity contribution in [2.75, 3.05) is 4.90 Å². The van der Waals surface area contributed by atoms with E-state index in [0.717, 1.165) is 18.5 Å². The molecule has 0 amide bonds. The van der Waals surface area contributed by atoms with E-state index in [-0.39, 0.29) is 0 Å². The van der Waals surface area contributed by atoms with Crippen LogP contribution in [0.3, 0.4) is 0 Å². The molecule has 0 bridgehead atoms. The minimum atomic E-state index is 0.302. The Labute approximate surface area is 143 Å². The van der Waals surface area contributed by atoms with Crippen molar-refractivity contribution in [3.8, 4) is 5.75 Å². The average Bonchev–Trinajstić information content (AvgIpc) is 2.62. The molecule has 1 atom stereocenters. The van der Waals surface area contributed by atoms with E-state index >= 15 is 0 Å². The lowest BCUT2D eigenvalue weighted by Gasteiger charge is -2.39. The molecule has 1 unspecified atom stereocenters. The molecule has 0 spiro atoms. The molecule has 1 N–H and O–H groups in total. The number of aryl methyl sites for hydroxylation is 2. The summed E-state index contributed by atoms with van der Waals surface area (Å²) < 4.78 is 0. The van der Waals surface area contributed by atoms with Gasteiger partial charge in [-0.1, -0.05) is 48.0 Å². The van der Waals surface area contributed by atoms with E-state index < -0.39 is 0 Å². The highest BCUT2D eigenvalue weighted by molar-refractivity contribution is 5.70. The molecule has 0 radical (unpaired) electrons. The van der Waals surface area contributed by atoms with Gasteiger partial charge in [0.15, 0.2) is 0 Å².